The Labute approximate surface area is 154 Å². The molecule has 3 unspecified atom stereocenters. The first kappa shape index (κ1) is 15.1. The van der Waals surface area contributed by atoms with E-state index < -0.39 is 30.8 Å². The molecule has 6 nitrogen and oxygen atoms in total. The van der Waals surface area contributed by atoms with Crippen molar-refractivity contribution in [3.8, 4) is 0 Å². The SMILES string of the molecule is [2H]C1c2cc(F)c(N3CCC(CO)CC3)cc2C([2H])N1C1CCC(=O)NC1=O. The Morgan fingerprint density at radius 2 is 1.88 bits per heavy atom. The second kappa shape index (κ2) is 6.96. The van der Waals surface area contributed by atoms with Crippen molar-refractivity contribution in [3.05, 3.63) is 29.1 Å². The molecule has 3 aliphatic rings. The van der Waals surface area contributed by atoms with Crippen LogP contribution < -0.4 is 10.2 Å². The number of hydrogen-bond donors (Lipinski definition) is 2. The van der Waals surface area contributed by atoms with Gasteiger partial charge < -0.3 is 10.0 Å². The molecule has 0 aromatic heterocycles. The summed E-state index contributed by atoms with van der Waals surface area (Å²) < 4.78 is 31.9. The Morgan fingerprint density at radius 3 is 2.54 bits per heavy atom. The molecule has 0 radical (unpaired) electrons. The molecule has 3 atom stereocenters. The number of fused-ring (bicyclic) bond motifs is 1. The van der Waals surface area contributed by atoms with Crippen LogP contribution >= 0.6 is 0 Å². The molecule has 0 bridgehead atoms. The summed E-state index contributed by atoms with van der Waals surface area (Å²) in [6, 6.07) is 2.20. The van der Waals surface area contributed by atoms with Crippen molar-refractivity contribution in [2.45, 2.75) is 44.8 Å². The lowest BCUT2D eigenvalue weighted by Gasteiger charge is -2.33. The van der Waals surface area contributed by atoms with Crippen LogP contribution in [0.25, 0.3) is 0 Å². The zero-order valence-corrected chi connectivity index (χ0v) is 14.4. The van der Waals surface area contributed by atoms with Gasteiger partial charge >= 0.3 is 0 Å². The van der Waals surface area contributed by atoms with Crippen LogP contribution in [0.2, 0.25) is 0 Å². The number of hydrogen-bond acceptors (Lipinski definition) is 5. The third kappa shape index (κ3) is 3.21. The normalized spacial score (nSPS) is 31.5. The zero-order valence-electron chi connectivity index (χ0n) is 16.4. The molecule has 3 aliphatic heterocycles. The summed E-state index contributed by atoms with van der Waals surface area (Å²) in [6.07, 6.45) is 1.98. The predicted molar refractivity (Wildman–Crippen MR) is 93.8 cm³/mol. The summed E-state index contributed by atoms with van der Waals surface area (Å²) in [4.78, 5) is 27.0. The molecule has 7 heteroatoms. The van der Waals surface area contributed by atoms with E-state index in [0.29, 0.717) is 29.9 Å². The van der Waals surface area contributed by atoms with Gasteiger partial charge in [-0.05, 0) is 48.4 Å². The van der Waals surface area contributed by atoms with Crippen molar-refractivity contribution in [1.29, 1.82) is 0 Å². The quantitative estimate of drug-likeness (QED) is 0.789. The largest absolute Gasteiger partial charge is 0.396 e. The standard InChI is InChI=1S/C19H24FN3O3/c20-15-7-13-9-23(16-1-2-18(25)21-19(16)26)10-14(13)8-17(15)22-5-3-12(11-24)4-6-22/h7-8,12,16,24H,1-6,9-11H2,(H,21,25,26)/i9D,10D. The Hall–Kier alpha value is -1.99. The fourth-order valence-electron chi connectivity index (χ4n) is 3.92. The summed E-state index contributed by atoms with van der Waals surface area (Å²) in [5.74, 6) is -1.04. The second-order valence-electron chi connectivity index (χ2n) is 7.22. The monoisotopic (exact) mass is 363 g/mol. The van der Waals surface area contributed by atoms with E-state index in [-0.39, 0.29) is 31.3 Å². The lowest BCUT2D eigenvalue weighted by Crippen LogP contribution is -2.50. The number of carbonyl (C=O) groups excluding carboxylic acids is 2. The lowest BCUT2D eigenvalue weighted by molar-refractivity contribution is -0.137. The van der Waals surface area contributed by atoms with Crippen LogP contribution in [0.3, 0.4) is 0 Å². The third-order valence-electron chi connectivity index (χ3n) is 5.51. The van der Waals surface area contributed by atoms with Crippen LogP contribution in [0.4, 0.5) is 10.1 Å². The first-order valence-electron chi connectivity index (χ1n) is 10.2. The number of nitrogens with zero attached hydrogens (tertiary/aromatic N) is 2. The van der Waals surface area contributed by atoms with Crippen LogP contribution in [0.15, 0.2) is 12.1 Å². The number of aliphatic hydroxyl groups excluding tert-OH is 1. The van der Waals surface area contributed by atoms with Crippen LogP contribution in [-0.2, 0) is 22.6 Å². The van der Waals surface area contributed by atoms with E-state index >= 15 is 0 Å². The zero-order chi connectivity index (χ0) is 20.0. The molecule has 140 valence electrons. The Morgan fingerprint density at radius 1 is 1.19 bits per heavy atom. The number of carbonyl (C=O) groups is 2. The molecule has 1 aromatic rings. The third-order valence-corrected chi connectivity index (χ3v) is 5.51. The Kier molecular flexibility index (Phi) is 4.05. The molecule has 0 aliphatic carbocycles. The van der Waals surface area contributed by atoms with E-state index in [1.54, 1.807) is 6.07 Å². The maximum atomic E-state index is 14.8. The van der Waals surface area contributed by atoms with Gasteiger partial charge in [0, 0.05) is 41.9 Å². The smallest absolute Gasteiger partial charge is 0.243 e. The van der Waals surface area contributed by atoms with E-state index in [1.807, 2.05) is 4.90 Å². The van der Waals surface area contributed by atoms with E-state index in [9.17, 15) is 19.1 Å². The highest BCUT2D eigenvalue weighted by Crippen LogP contribution is 2.33. The Balaban J connectivity index is 1.60. The Bertz CT molecular complexity index is 801. The van der Waals surface area contributed by atoms with Crippen molar-refractivity contribution in [3.63, 3.8) is 0 Å². The summed E-state index contributed by atoms with van der Waals surface area (Å²) in [7, 11) is 0. The summed E-state index contributed by atoms with van der Waals surface area (Å²) >= 11 is 0. The molecule has 2 N–H and O–H groups in total. The number of nitrogens with one attached hydrogen (secondary N) is 1. The van der Waals surface area contributed by atoms with Crippen LogP contribution in [0, 0.1) is 11.7 Å². The van der Waals surface area contributed by atoms with E-state index in [4.69, 9.17) is 2.74 Å². The molecule has 1 aromatic carbocycles. The topological polar surface area (TPSA) is 72.9 Å². The number of amides is 2. The predicted octanol–water partition coefficient (Wildman–Crippen LogP) is 1.16. The highest BCUT2D eigenvalue weighted by molar-refractivity contribution is 6.00. The molecular formula is C19H24FN3O3. The highest BCUT2D eigenvalue weighted by Gasteiger charge is 2.35. The van der Waals surface area contributed by atoms with Crippen molar-refractivity contribution in [2.24, 2.45) is 5.92 Å². The number of halogens is 1. The molecule has 2 saturated heterocycles. The molecular weight excluding hydrogens is 337 g/mol. The van der Waals surface area contributed by atoms with Crippen molar-refractivity contribution < 1.29 is 21.8 Å². The molecule has 26 heavy (non-hydrogen) atoms. The van der Waals surface area contributed by atoms with Crippen molar-refractivity contribution in [1.82, 2.24) is 10.2 Å². The van der Waals surface area contributed by atoms with Crippen LogP contribution in [0.5, 0.6) is 0 Å². The lowest BCUT2D eigenvalue weighted by atomic mass is 9.97. The van der Waals surface area contributed by atoms with Crippen molar-refractivity contribution in [2.75, 3.05) is 24.6 Å². The maximum Gasteiger partial charge on any atom is 0.243 e. The van der Waals surface area contributed by atoms with Gasteiger partial charge in [-0.25, -0.2) is 4.39 Å². The number of benzene rings is 1. The van der Waals surface area contributed by atoms with Crippen LogP contribution in [-0.4, -0.2) is 47.6 Å². The minimum Gasteiger partial charge on any atom is -0.396 e. The van der Waals surface area contributed by atoms with Gasteiger partial charge in [-0.1, -0.05) is 0 Å². The first-order chi connectivity index (χ1) is 13.4. The molecule has 2 amide bonds. The average Bonchev–Trinajstić information content (AvgIpc) is 2.91. The van der Waals surface area contributed by atoms with Gasteiger partial charge in [0.15, 0.2) is 0 Å². The van der Waals surface area contributed by atoms with Gasteiger partial charge in [-0.2, -0.15) is 0 Å². The molecule has 0 spiro atoms. The number of aliphatic hydroxyl groups is 1. The highest BCUT2D eigenvalue weighted by atomic mass is 19.1. The van der Waals surface area contributed by atoms with Gasteiger partial charge in [-0.15, -0.1) is 0 Å². The van der Waals surface area contributed by atoms with E-state index in [1.165, 1.54) is 11.0 Å². The number of anilines is 1. The molecule has 0 saturated carbocycles. The first-order valence-corrected chi connectivity index (χ1v) is 9.05. The summed E-state index contributed by atoms with van der Waals surface area (Å²) in [5, 5.41) is 11.6. The maximum absolute atomic E-state index is 14.8. The number of imide groups is 1. The fourth-order valence-corrected chi connectivity index (χ4v) is 3.92. The van der Waals surface area contributed by atoms with Gasteiger partial charge in [0.1, 0.15) is 5.82 Å². The number of rotatable bonds is 3. The number of piperidine rings is 2. The van der Waals surface area contributed by atoms with Gasteiger partial charge in [0.2, 0.25) is 11.8 Å². The van der Waals surface area contributed by atoms with Gasteiger partial charge in [-0.3, -0.25) is 19.8 Å². The molecule has 3 heterocycles. The molecule has 2 fully saturated rings. The summed E-state index contributed by atoms with van der Waals surface area (Å²) in [6.45, 7) is -0.590. The minimum atomic E-state index is -1.02. The summed E-state index contributed by atoms with van der Waals surface area (Å²) in [5.41, 5.74) is 1.34. The van der Waals surface area contributed by atoms with Gasteiger partial charge in [0.05, 0.1) is 11.7 Å². The van der Waals surface area contributed by atoms with Crippen molar-refractivity contribution >= 4 is 17.5 Å². The minimum absolute atomic E-state index is 0.136. The van der Waals surface area contributed by atoms with Crippen LogP contribution in [0.1, 0.15) is 39.6 Å². The van der Waals surface area contributed by atoms with E-state index in [2.05, 4.69) is 5.32 Å². The van der Waals surface area contributed by atoms with E-state index in [0.717, 1.165) is 12.8 Å². The fraction of sp³-hybridized carbons (Fsp3) is 0.579. The van der Waals surface area contributed by atoms with Gasteiger partial charge in [0.25, 0.3) is 0 Å². The second-order valence-corrected chi connectivity index (χ2v) is 7.22. The average molecular weight is 363 g/mol. The molecule has 4 rings (SSSR count).